The Bertz CT molecular complexity index is 683. The highest BCUT2D eigenvalue weighted by atomic mass is 16.5. The van der Waals surface area contributed by atoms with Gasteiger partial charge in [0, 0.05) is 24.7 Å². The number of aliphatic imine (C=N–C) groups is 1. The van der Waals surface area contributed by atoms with Crippen LogP contribution >= 0.6 is 0 Å². The van der Waals surface area contributed by atoms with Crippen molar-refractivity contribution in [2.75, 3.05) is 34.4 Å². The van der Waals surface area contributed by atoms with Crippen LogP contribution in [0.15, 0.2) is 23.2 Å². The second-order valence-electron chi connectivity index (χ2n) is 8.07. The number of piperidine rings is 2. The number of guanidine groups is 1. The van der Waals surface area contributed by atoms with Crippen molar-refractivity contribution in [2.24, 2.45) is 4.99 Å². The van der Waals surface area contributed by atoms with E-state index >= 15 is 0 Å². The van der Waals surface area contributed by atoms with Crippen LogP contribution in [0.4, 0.5) is 0 Å². The molecule has 1 aromatic carbocycles. The minimum Gasteiger partial charge on any atom is -0.493 e. The summed E-state index contributed by atoms with van der Waals surface area (Å²) in [5.74, 6) is 2.03. The molecule has 0 spiro atoms. The molecule has 29 heavy (non-hydrogen) atoms. The van der Waals surface area contributed by atoms with Crippen molar-refractivity contribution in [3.05, 3.63) is 23.8 Å². The molecular weight excluding hydrogens is 368 g/mol. The fourth-order valence-corrected chi connectivity index (χ4v) is 4.59. The Labute approximate surface area is 174 Å². The van der Waals surface area contributed by atoms with Crippen LogP contribution < -0.4 is 20.1 Å². The molecular formula is C22H36N4O3. The molecule has 2 aliphatic heterocycles. The average molecular weight is 405 g/mol. The maximum absolute atomic E-state index is 10.6. The van der Waals surface area contributed by atoms with Crippen LogP contribution in [0, 0.1) is 0 Å². The van der Waals surface area contributed by atoms with Crippen molar-refractivity contribution in [3.8, 4) is 11.5 Å². The molecule has 0 aliphatic carbocycles. The van der Waals surface area contributed by atoms with Gasteiger partial charge in [-0.25, -0.2) is 0 Å². The summed E-state index contributed by atoms with van der Waals surface area (Å²) in [5, 5.41) is 17.6. The number of methoxy groups -OCH3 is 2. The van der Waals surface area contributed by atoms with Gasteiger partial charge in [0.25, 0.3) is 0 Å². The molecule has 1 aromatic rings. The minimum absolute atomic E-state index is 0.282. The minimum atomic E-state index is -0.706. The molecule has 2 fully saturated rings. The highest BCUT2D eigenvalue weighted by molar-refractivity contribution is 5.80. The van der Waals surface area contributed by atoms with Gasteiger partial charge in [-0.3, -0.25) is 4.99 Å². The van der Waals surface area contributed by atoms with E-state index in [1.807, 2.05) is 12.1 Å². The van der Waals surface area contributed by atoms with Gasteiger partial charge in [-0.15, -0.1) is 0 Å². The topological polar surface area (TPSA) is 78.4 Å². The Kier molecular flexibility index (Phi) is 7.61. The lowest BCUT2D eigenvalue weighted by atomic mass is 9.82. The standard InChI is InChI=1S/C22H36N4O3/c1-5-23-22(25-16-12-17-7-6-8-18(13-16)26(17)2)24-14-19(27)15-9-10-20(28-3)21(11-15)29-4/h9-11,16-19,27H,5-8,12-14H2,1-4H3,(H2,23,24,25). The zero-order valence-electron chi connectivity index (χ0n) is 18.1. The van der Waals surface area contributed by atoms with E-state index < -0.39 is 6.10 Å². The molecule has 162 valence electrons. The third-order valence-corrected chi connectivity index (χ3v) is 6.24. The maximum atomic E-state index is 10.6. The zero-order chi connectivity index (χ0) is 20.8. The number of fused-ring (bicyclic) bond motifs is 2. The van der Waals surface area contributed by atoms with Crippen LogP contribution in [-0.2, 0) is 0 Å². The Morgan fingerprint density at radius 3 is 2.52 bits per heavy atom. The summed E-state index contributed by atoms with van der Waals surface area (Å²) >= 11 is 0. The number of benzene rings is 1. The van der Waals surface area contributed by atoms with Gasteiger partial charge in [-0.1, -0.05) is 12.5 Å². The Hall–Kier alpha value is -1.99. The van der Waals surface area contributed by atoms with Gasteiger partial charge >= 0.3 is 0 Å². The van der Waals surface area contributed by atoms with Crippen molar-refractivity contribution >= 4 is 5.96 Å². The van der Waals surface area contributed by atoms with E-state index in [0.717, 1.165) is 30.9 Å². The summed E-state index contributed by atoms with van der Waals surface area (Å²) in [7, 11) is 5.46. The monoisotopic (exact) mass is 404 g/mol. The van der Waals surface area contributed by atoms with Gasteiger partial charge in [-0.05, 0) is 57.4 Å². The summed E-state index contributed by atoms with van der Waals surface area (Å²) in [6.45, 7) is 3.13. The smallest absolute Gasteiger partial charge is 0.191 e. The second-order valence-corrected chi connectivity index (χ2v) is 8.07. The van der Waals surface area contributed by atoms with Gasteiger partial charge in [0.05, 0.1) is 26.9 Å². The van der Waals surface area contributed by atoms with Crippen LogP contribution in [0.1, 0.15) is 50.7 Å². The molecule has 3 atom stereocenters. The zero-order valence-corrected chi connectivity index (χ0v) is 18.1. The lowest BCUT2D eigenvalue weighted by Crippen LogP contribution is -2.56. The molecule has 0 saturated carbocycles. The molecule has 7 heteroatoms. The van der Waals surface area contributed by atoms with Crippen LogP contribution in [0.2, 0.25) is 0 Å². The predicted octanol–water partition coefficient (Wildman–Crippen LogP) is 2.31. The Morgan fingerprint density at radius 2 is 1.90 bits per heavy atom. The second kappa shape index (κ2) is 10.2. The largest absolute Gasteiger partial charge is 0.493 e. The lowest BCUT2D eigenvalue weighted by Gasteiger charge is -2.47. The molecule has 3 N–H and O–H groups in total. The van der Waals surface area contributed by atoms with E-state index in [9.17, 15) is 5.11 Å². The van der Waals surface area contributed by atoms with Gasteiger partial charge in [0.2, 0.25) is 0 Å². The van der Waals surface area contributed by atoms with E-state index in [0.29, 0.717) is 29.6 Å². The number of rotatable bonds is 7. The van der Waals surface area contributed by atoms with Crippen LogP contribution in [0.25, 0.3) is 0 Å². The van der Waals surface area contributed by atoms with Crippen LogP contribution in [0.3, 0.4) is 0 Å². The van der Waals surface area contributed by atoms with E-state index in [1.54, 1.807) is 20.3 Å². The van der Waals surface area contributed by atoms with Gasteiger partial charge in [-0.2, -0.15) is 0 Å². The molecule has 0 amide bonds. The van der Waals surface area contributed by atoms with E-state index in [2.05, 4.69) is 34.5 Å². The molecule has 3 rings (SSSR count). The van der Waals surface area contributed by atoms with Gasteiger partial charge < -0.3 is 30.1 Å². The third kappa shape index (κ3) is 5.34. The average Bonchev–Trinajstić information content (AvgIpc) is 2.72. The van der Waals surface area contributed by atoms with Crippen molar-refractivity contribution in [1.82, 2.24) is 15.5 Å². The molecule has 2 heterocycles. The number of aliphatic hydroxyl groups is 1. The number of aliphatic hydroxyl groups excluding tert-OH is 1. The fourth-order valence-electron chi connectivity index (χ4n) is 4.59. The molecule has 7 nitrogen and oxygen atoms in total. The summed E-state index contributed by atoms with van der Waals surface area (Å²) in [6, 6.07) is 7.22. The Morgan fingerprint density at radius 1 is 1.21 bits per heavy atom. The lowest BCUT2D eigenvalue weighted by molar-refractivity contribution is 0.0526. The molecule has 2 bridgehead atoms. The molecule has 2 saturated heterocycles. The first-order chi connectivity index (χ1) is 14.0. The van der Waals surface area contributed by atoms with E-state index in [4.69, 9.17) is 9.47 Å². The summed E-state index contributed by atoms with van der Waals surface area (Å²) < 4.78 is 10.6. The number of ether oxygens (including phenoxy) is 2. The summed E-state index contributed by atoms with van der Waals surface area (Å²) in [5.41, 5.74) is 0.760. The third-order valence-electron chi connectivity index (χ3n) is 6.24. The summed E-state index contributed by atoms with van der Waals surface area (Å²) in [4.78, 5) is 7.22. The highest BCUT2D eigenvalue weighted by Crippen LogP contribution is 2.33. The first-order valence-electron chi connectivity index (χ1n) is 10.7. The molecule has 0 radical (unpaired) electrons. The van der Waals surface area contributed by atoms with Gasteiger partial charge in [0.1, 0.15) is 0 Å². The van der Waals surface area contributed by atoms with Crippen molar-refractivity contribution in [1.29, 1.82) is 0 Å². The van der Waals surface area contributed by atoms with Crippen LogP contribution in [0.5, 0.6) is 11.5 Å². The summed E-state index contributed by atoms with van der Waals surface area (Å²) in [6.07, 6.45) is 5.51. The van der Waals surface area contributed by atoms with E-state index in [1.165, 1.54) is 19.3 Å². The van der Waals surface area contributed by atoms with E-state index in [-0.39, 0.29) is 6.54 Å². The quantitative estimate of drug-likeness (QED) is 0.478. The number of nitrogens with zero attached hydrogens (tertiary/aromatic N) is 2. The van der Waals surface area contributed by atoms with Crippen molar-refractivity contribution in [3.63, 3.8) is 0 Å². The number of nitrogens with one attached hydrogen (secondary N) is 2. The Balaban J connectivity index is 1.63. The van der Waals surface area contributed by atoms with Crippen molar-refractivity contribution in [2.45, 2.75) is 63.3 Å². The fraction of sp³-hybridized carbons (Fsp3) is 0.682. The predicted molar refractivity (Wildman–Crippen MR) is 116 cm³/mol. The maximum Gasteiger partial charge on any atom is 0.191 e. The van der Waals surface area contributed by atoms with Crippen molar-refractivity contribution < 1.29 is 14.6 Å². The number of hydrogen-bond acceptors (Lipinski definition) is 5. The van der Waals surface area contributed by atoms with Crippen LogP contribution in [-0.4, -0.2) is 68.4 Å². The molecule has 3 unspecified atom stereocenters. The number of hydrogen-bond donors (Lipinski definition) is 3. The molecule has 0 aromatic heterocycles. The first-order valence-corrected chi connectivity index (χ1v) is 10.7. The molecule has 2 aliphatic rings. The van der Waals surface area contributed by atoms with Gasteiger partial charge in [0.15, 0.2) is 17.5 Å². The normalized spacial score (nSPS) is 26.0. The highest BCUT2D eigenvalue weighted by Gasteiger charge is 2.36. The SMILES string of the molecule is CCNC(=NCC(O)c1ccc(OC)c(OC)c1)NC1CC2CCCC(C1)N2C. The first kappa shape index (κ1) is 21.7.